The monoisotopic (exact) mass is 323 g/mol. The van der Waals surface area contributed by atoms with E-state index in [-0.39, 0.29) is 0 Å². The molecule has 4 heteroatoms. The van der Waals surface area contributed by atoms with Crippen molar-refractivity contribution in [2.24, 2.45) is 5.73 Å². The number of nitrogens with two attached hydrogens (primary N) is 1. The SMILES string of the molecule is CCn1c(CCCCCCN)nc2cc(Br)ccc21. The summed E-state index contributed by atoms with van der Waals surface area (Å²) < 4.78 is 3.42. The van der Waals surface area contributed by atoms with E-state index in [9.17, 15) is 0 Å². The van der Waals surface area contributed by atoms with Crippen LogP contribution in [0.1, 0.15) is 38.4 Å². The van der Waals surface area contributed by atoms with Crippen molar-refractivity contribution in [1.29, 1.82) is 0 Å². The fraction of sp³-hybridized carbons (Fsp3) is 0.533. The lowest BCUT2D eigenvalue weighted by molar-refractivity contribution is 0.616. The molecule has 0 unspecified atom stereocenters. The van der Waals surface area contributed by atoms with Gasteiger partial charge in [-0.25, -0.2) is 4.98 Å². The van der Waals surface area contributed by atoms with Gasteiger partial charge in [0, 0.05) is 17.4 Å². The average Bonchev–Trinajstić information content (AvgIpc) is 2.75. The van der Waals surface area contributed by atoms with E-state index >= 15 is 0 Å². The van der Waals surface area contributed by atoms with E-state index in [1.165, 1.54) is 30.6 Å². The van der Waals surface area contributed by atoms with Gasteiger partial charge in [0.05, 0.1) is 11.0 Å². The zero-order valence-electron chi connectivity index (χ0n) is 11.5. The minimum Gasteiger partial charge on any atom is -0.330 e. The highest BCUT2D eigenvalue weighted by Crippen LogP contribution is 2.22. The molecule has 19 heavy (non-hydrogen) atoms. The van der Waals surface area contributed by atoms with Crippen molar-refractivity contribution in [3.05, 3.63) is 28.5 Å². The van der Waals surface area contributed by atoms with Crippen molar-refractivity contribution < 1.29 is 0 Å². The third kappa shape index (κ3) is 3.57. The van der Waals surface area contributed by atoms with Gasteiger partial charge in [-0.15, -0.1) is 0 Å². The summed E-state index contributed by atoms with van der Waals surface area (Å²) in [7, 11) is 0. The smallest absolute Gasteiger partial charge is 0.109 e. The Labute approximate surface area is 123 Å². The lowest BCUT2D eigenvalue weighted by Gasteiger charge is -2.05. The molecule has 0 saturated carbocycles. The number of aromatic nitrogens is 2. The fourth-order valence-corrected chi connectivity index (χ4v) is 2.83. The summed E-state index contributed by atoms with van der Waals surface area (Å²) in [6, 6.07) is 6.33. The van der Waals surface area contributed by atoms with E-state index in [0.29, 0.717) is 0 Å². The van der Waals surface area contributed by atoms with Crippen LogP contribution in [-0.2, 0) is 13.0 Å². The number of benzene rings is 1. The predicted octanol–water partition coefficient (Wildman–Crippen LogP) is 3.88. The summed E-state index contributed by atoms with van der Waals surface area (Å²) in [4.78, 5) is 4.77. The van der Waals surface area contributed by atoms with Gasteiger partial charge in [0.25, 0.3) is 0 Å². The Kier molecular flexibility index (Phi) is 5.40. The minimum atomic E-state index is 0.807. The maximum Gasteiger partial charge on any atom is 0.109 e. The summed E-state index contributed by atoms with van der Waals surface area (Å²) >= 11 is 3.51. The molecule has 0 radical (unpaired) electrons. The van der Waals surface area contributed by atoms with E-state index < -0.39 is 0 Å². The third-order valence-corrected chi connectivity index (χ3v) is 3.95. The van der Waals surface area contributed by atoms with Gasteiger partial charge in [0.15, 0.2) is 0 Å². The molecule has 0 bridgehead atoms. The van der Waals surface area contributed by atoms with Gasteiger partial charge < -0.3 is 10.3 Å². The molecule has 0 saturated heterocycles. The molecule has 0 atom stereocenters. The number of hydrogen-bond acceptors (Lipinski definition) is 2. The second-order valence-electron chi connectivity index (χ2n) is 4.86. The molecule has 0 aliphatic carbocycles. The highest BCUT2D eigenvalue weighted by molar-refractivity contribution is 9.10. The Morgan fingerprint density at radius 3 is 2.74 bits per heavy atom. The Hall–Kier alpha value is -0.870. The van der Waals surface area contributed by atoms with E-state index in [4.69, 9.17) is 10.7 Å². The fourth-order valence-electron chi connectivity index (χ4n) is 2.48. The largest absolute Gasteiger partial charge is 0.330 e. The molecule has 1 heterocycles. The number of fused-ring (bicyclic) bond motifs is 1. The van der Waals surface area contributed by atoms with Gasteiger partial charge in [-0.2, -0.15) is 0 Å². The standard InChI is InChI=1S/C15H22BrN3/c1-2-19-14-9-8-12(16)11-13(14)18-15(19)7-5-3-4-6-10-17/h8-9,11H,2-7,10,17H2,1H3. The first-order valence-corrected chi connectivity index (χ1v) is 7.90. The van der Waals surface area contributed by atoms with Crippen LogP contribution in [0.3, 0.4) is 0 Å². The Morgan fingerprint density at radius 1 is 1.21 bits per heavy atom. The first-order chi connectivity index (χ1) is 9.26. The zero-order chi connectivity index (χ0) is 13.7. The maximum atomic E-state index is 5.51. The van der Waals surface area contributed by atoms with Crippen molar-refractivity contribution >= 4 is 27.0 Å². The van der Waals surface area contributed by atoms with Crippen LogP contribution in [0.15, 0.2) is 22.7 Å². The molecule has 0 fully saturated rings. The number of halogens is 1. The molecule has 1 aromatic carbocycles. The van der Waals surface area contributed by atoms with Crippen molar-refractivity contribution in [2.45, 2.75) is 45.6 Å². The van der Waals surface area contributed by atoms with Crippen LogP contribution in [0, 0.1) is 0 Å². The van der Waals surface area contributed by atoms with Crippen molar-refractivity contribution in [2.75, 3.05) is 6.54 Å². The van der Waals surface area contributed by atoms with Gasteiger partial charge in [0.1, 0.15) is 5.82 Å². The van der Waals surface area contributed by atoms with E-state index in [1.54, 1.807) is 0 Å². The van der Waals surface area contributed by atoms with E-state index in [0.717, 1.165) is 35.9 Å². The van der Waals surface area contributed by atoms with Gasteiger partial charge in [-0.3, -0.25) is 0 Å². The molecule has 0 aliphatic rings. The van der Waals surface area contributed by atoms with Crippen molar-refractivity contribution in [1.82, 2.24) is 9.55 Å². The number of hydrogen-bond donors (Lipinski definition) is 1. The van der Waals surface area contributed by atoms with Crippen LogP contribution in [0.4, 0.5) is 0 Å². The highest BCUT2D eigenvalue weighted by Gasteiger charge is 2.09. The predicted molar refractivity (Wildman–Crippen MR) is 84.3 cm³/mol. The molecule has 1 aromatic heterocycles. The van der Waals surface area contributed by atoms with Crippen LogP contribution < -0.4 is 5.73 Å². The average molecular weight is 324 g/mol. The first-order valence-electron chi connectivity index (χ1n) is 7.11. The van der Waals surface area contributed by atoms with Crippen LogP contribution in [-0.4, -0.2) is 16.1 Å². The van der Waals surface area contributed by atoms with Crippen LogP contribution >= 0.6 is 15.9 Å². The Balaban J connectivity index is 2.09. The molecule has 2 N–H and O–H groups in total. The molecular weight excluding hydrogens is 302 g/mol. The second kappa shape index (κ2) is 7.06. The molecule has 3 nitrogen and oxygen atoms in total. The van der Waals surface area contributed by atoms with E-state index in [2.05, 4.69) is 45.6 Å². The molecule has 2 rings (SSSR count). The highest BCUT2D eigenvalue weighted by atomic mass is 79.9. The zero-order valence-corrected chi connectivity index (χ0v) is 13.1. The first kappa shape index (κ1) is 14.5. The maximum absolute atomic E-state index is 5.51. The third-order valence-electron chi connectivity index (χ3n) is 3.46. The summed E-state index contributed by atoms with van der Waals surface area (Å²) in [5.41, 5.74) is 7.84. The topological polar surface area (TPSA) is 43.8 Å². The molecule has 0 aliphatic heterocycles. The molecule has 0 spiro atoms. The minimum absolute atomic E-state index is 0.807. The van der Waals surface area contributed by atoms with Crippen molar-refractivity contribution in [3.8, 4) is 0 Å². The number of imidazole rings is 1. The molecule has 2 aromatic rings. The molecule has 0 amide bonds. The van der Waals surface area contributed by atoms with Crippen LogP contribution in [0.5, 0.6) is 0 Å². The van der Waals surface area contributed by atoms with Crippen LogP contribution in [0.2, 0.25) is 0 Å². The summed E-state index contributed by atoms with van der Waals surface area (Å²) in [6.07, 6.45) is 5.87. The Bertz CT molecular complexity index is 533. The lowest BCUT2D eigenvalue weighted by atomic mass is 10.1. The number of aryl methyl sites for hydroxylation is 2. The Morgan fingerprint density at radius 2 is 2.00 bits per heavy atom. The van der Waals surface area contributed by atoms with Gasteiger partial charge in [-0.1, -0.05) is 28.8 Å². The van der Waals surface area contributed by atoms with Gasteiger partial charge in [-0.05, 0) is 44.5 Å². The molecule has 104 valence electrons. The summed E-state index contributed by atoms with van der Waals surface area (Å²) in [5.74, 6) is 1.21. The molecular formula is C15H22BrN3. The normalized spacial score (nSPS) is 11.3. The quantitative estimate of drug-likeness (QED) is 0.786. The van der Waals surface area contributed by atoms with Gasteiger partial charge in [0.2, 0.25) is 0 Å². The van der Waals surface area contributed by atoms with Gasteiger partial charge >= 0.3 is 0 Å². The summed E-state index contributed by atoms with van der Waals surface area (Å²) in [6.45, 7) is 3.97. The van der Waals surface area contributed by atoms with Crippen LogP contribution in [0.25, 0.3) is 11.0 Å². The number of unbranched alkanes of at least 4 members (excludes halogenated alkanes) is 3. The second-order valence-corrected chi connectivity index (χ2v) is 5.77. The summed E-state index contributed by atoms with van der Waals surface area (Å²) in [5, 5.41) is 0. The van der Waals surface area contributed by atoms with E-state index in [1.807, 2.05) is 0 Å². The number of nitrogens with zero attached hydrogens (tertiary/aromatic N) is 2. The lowest BCUT2D eigenvalue weighted by Crippen LogP contribution is -2.02. The number of rotatable bonds is 7. The van der Waals surface area contributed by atoms with Crippen molar-refractivity contribution in [3.63, 3.8) is 0 Å².